The Labute approximate surface area is 182 Å². The number of ether oxygens (including phenoxy) is 2. The first kappa shape index (κ1) is 21.7. The van der Waals surface area contributed by atoms with E-state index in [2.05, 4.69) is 9.88 Å². The first-order chi connectivity index (χ1) is 15.0. The van der Waals surface area contributed by atoms with Gasteiger partial charge in [0.1, 0.15) is 23.1 Å². The summed E-state index contributed by atoms with van der Waals surface area (Å²) in [7, 11) is 1.63. The molecule has 3 aromatic rings. The van der Waals surface area contributed by atoms with Gasteiger partial charge in [0.25, 0.3) is 5.91 Å². The minimum absolute atomic E-state index is 0.0248. The molecule has 0 saturated heterocycles. The molecule has 0 aliphatic carbocycles. The predicted molar refractivity (Wildman–Crippen MR) is 122 cm³/mol. The Morgan fingerprint density at radius 1 is 1.13 bits per heavy atom. The summed E-state index contributed by atoms with van der Waals surface area (Å²) in [6, 6.07) is 18.8. The van der Waals surface area contributed by atoms with Crippen LogP contribution in [0.1, 0.15) is 23.9 Å². The number of methoxy groups -OCH3 is 1. The molecule has 0 saturated carbocycles. The number of hydrogen-bond donors (Lipinski definition) is 1. The standard InChI is InChI=1S/C25H25N3O3/c1-5-31-24-8-6-7-21(15-24)27-25(29)20(16-26)14-19-13-17(2)28(18(19)3)22-9-11-23(30-4)12-10-22/h6-15H,5H2,1-4H3,(H,27,29)/b20-14-. The number of rotatable bonds is 7. The van der Waals surface area contributed by atoms with Crippen LogP contribution in [0.5, 0.6) is 11.5 Å². The van der Waals surface area contributed by atoms with Crippen molar-refractivity contribution >= 4 is 17.7 Å². The minimum Gasteiger partial charge on any atom is -0.497 e. The molecule has 0 fully saturated rings. The number of anilines is 1. The van der Waals surface area contributed by atoms with Crippen molar-refractivity contribution < 1.29 is 14.3 Å². The van der Waals surface area contributed by atoms with Gasteiger partial charge in [0.15, 0.2) is 0 Å². The fourth-order valence-corrected chi connectivity index (χ4v) is 3.40. The number of nitrogens with one attached hydrogen (secondary N) is 1. The quantitative estimate of drug-likeness (QED) is 0.433. The van der Waals surface area contributed by atoms with Gasteiger partial charge in [-0.15, -0.1) is 0 Å². The molecule has 1 heterocycles. The first-order valence-electron chi connectivity index (χ1n) is 9.96. The van der Waals surface area contributed by atoms with E-state index in [-0.39, 0.29) is 5.57 Å². The third kappa shape index (κ3) is 4.96. The average Bonchev–Trinajstić information content (AvgIpc) is 3.05. The Morgan fingerprint density at radius 2 is 1.87 bits per heavy atom. The Kier molecular flexibility index (Phi) is 6.78. The van der Waals surface area contributed by atoms with Gasteiger partial charge in [-0.05, 0) is 74.9 Å². The highest BCUT2D eigenvalue weighted by Crippen LogP contribution is 2.25. The molecule has 0 bridgehead atoms. The van der Waals surface area contributed by atoms with E-state index in [1.165, 1.54) is 0 Å². The molecule has 1 amide bonds. The molecular weight excluding hydrogens is 390 g/mol. The van der Waals surface area contributed by atoms with Crippen molar-refractivity contribution in [3.05, 3.63) is 77.1 Å². The van der Waals surface area contributed by atoms with E-state index in [0.717, 1.165) is 28.4 Å². The van der Waals surface area contributed by atoms with E-state index < -0.39 is 5.91 Å². The first-order valence-corrected chi connectivity index (χ1v) is 9.96. The zero-order valence-corrected chi connectivity index (χ0v) is 18.1. The van der Waals surface area contributed by atoms with Gasteiger partial charge in [0.2, 0.25) is 0 Å². The molecule has 158 valence electrons. The van der Waals surface area contributed by atoms with Crippen molar-refractivity contribution in [1.82, 2.24) is 4.57 Å². The largest absolute Gasteiger partial charge is 0.497 e. The topological polar surface area (TPSA) is 76.3 Å². The second-order valence-corrected chi connectivity index (χ2v) is 6.94. The molecule has 1 N–H and O–H groups in total. The lowest BCUT2D eigenvalue weighted by Crippen LogP contribution is -2.13. The molecule has 0 atom stereocenters. The Balaban J connectivity index is 1.87. The van der Waals surface area contributed by atoms with Crippen molar-refractivity contribution in [1.29, 1.82) is 5.26 Å². The summed E-state index contributed by atoms with van der Waals surface area (Å²) in [6.45, 7) is 6.37. The van der Waals surface area contributed by atoms with Gasteiger partial charge in [-0.25, -0.2) is 0 Å². The molecule has 2 aromatic carbocycles. The van der Waals surface area contributed by atoms with E-state index >= 15 is 0 Å². The van der Waals surface area contributed by atoms with Crippen LogP contribution in [0, 0.1) is 25.2 Å². The summed E-state index contributed by atoms with van der Waals surface area (Å²) in [5.74, 6) is 0.972. The van der Waals surface area contributed by atoms with Crippen LogP contribution < -0.4 is 14.8 Å². The Hall–Kier alpha value is -3.98. The summed E-state index contributed by atoms with van der Waals surface area (Å²) in [6.07, 6.45) is 1.62. The molecule has 6 nitrogen and oxygen atoms in total. The van der Waals surface area contributed by atoms with Gasteiger partial charge in [0, 0.05) is 28.8 Å². The van der Waals surface area contributed by atoms with Gasteiger partial charge in [-0.1, -0.05) is 6.07 Å². The maximum Gasteiger partial charge on any atom is 0.266 e. The zero-order valence-electron chi connectivity index (χ0n) is 18.1. The molecular formula is C25H25N3O3. The van der Waals surface area contributed by atoms with Gasteiger partial charge in [0.05, 0.1) is 13.7 Å². The number of hydrogen-bond acceptors (Lipinski definition) is 4. The lowest BCUT2D eigenvalue weighted by Gasteiger charge is -2.10. The second-order valence-electron chi connectivity index (χ2n) is 6.94. The summed E-state index contributed by atoms with van der Waals surface area (Å²) < 4.78 is 12.8. The van der Waals surface area contributed by atoms with Gasteiger partial charge >= 0.3 is 0 Å². The van der Waals surface area contributed by atoms with Crippen LogP contribution in [0.4, 0.5) is 5.69 Å². The minimum atomic E-state index is -0.467. The van der Waals surface area contributed by atoms with Crippen LogP contribution in [0.3, 0.4) is 0 Å². The van der Waals surface area contributed by atoms with Crippen molar-refractivity contribution in [2.75, 3.05) is 19.0 Å². The number of aromatic nitrogens is 1. The number of carbonyl (C=O) groups is 1. The highest BCUT2D eigenvalue weighted by atomic mass is 16.5. The highest BCUT2D eigenvalue weighted by Gasteiger charge is 2.14. The normalized spacial score (nSPS) is 11.0. The van der Waals surface area contributed by atoms with Crippen LogP contribution in [0.25, 0.3) is 11.8 Å². The van der Waals surface area contributed by atoms with Crippen molar-refractivity contribution in [2.24, 2.45) is 0 Å². The third-order valence-corrected chi connectivity index (χ3v) is 4.87. The SMILES string of the molecule is CCOc1cccc(NC(=O)/C(C#N)=C\c2cc(C)n(-c3ccc(OC)cc3)c2C)c1. The maximum absolute atomic E-state index is 12.7. The molecule has 1 aromatic heterocycles. The fraction of sp³-hybridized carbons (Fsp3) is 0.200. The number of benzene rings is 2. The molecule has 0 aliphatic heterocycles. The van der Waals surface area contributed by atoms with Gasteiger partial charge in [-0.3, -0.25) is 4.79 Å². The molecule has 31 heavy (non-hydrogen) atoms. The maximum atomic E-state index is 12.7. The number of amides is 1. The number of carbonyl (C=O) groups excluding carboxylic acids is 1. The summed E-state index contributed by atoms with van der Waals surface area (Å²) in [5.41, 5.74) is 4.31. The van der Waals surface area contributed by atoms with Crippen molar-refractivity contribution in [3.8, 4) is 23.3 Å². The number of nitriles is 1. The molecule has 3 rings (SSSR count). The van der Waals surface area contributed by atoms with Crippen LogP contribution in [0.15, 0.2) is 60.2 Å². The molecule has 0 unspecified atom stereocenters. The summed E-state index contributed by atoms with van der Waals surface area (Å²) >= 11 is 0. The lowest BCUT2D eigenvalue weighted by atomic mass is 10.1. The second kappa shape index (κ2) is 9.68. The summed E-state index contributed by atoms with van der Waals surface area (Å²) in [4.78, 5) is 12.7. The predicted octanol–water partition coefficient (Wildman–Crippen LogP) is 5.05. The Bertz CT molecular complexity index is 1150. The molecule has 0 spiro atoms. The van der Waals surface area contributed by atoms with E-state index in [4.69, 9.17) is 9.47 Å². The lowest BCUT2D eigenvalue weighted by molar-refractivity contribution is -0.112. The van der Waals surface area contributed by atoms with E-state index in [0.29, 0.717) is 18.0 Å². The smallest absolute Gasteiger partial charge is 0.266 e. The third-order valence-electron chi connectivity index (χ3n) is 4.87. The average molecular weight is 415 g/mol. The number of aryl methyl sites for hydroxylation is 1. The van der Waals surface area contributed by atoms with E-state index in [1.54, 1.807) is 31.4 Å². The van der Waals surface area contributed by atoms with Crippen LogP contribution in [-0.4, -0.2) is 24.2 Å². The van der Waals surface area contributed by atoms with Crippen LogP contribution in [-0.2, 0) is 4.79 Å². The van der Waals surface area contributed by atoms with Crippen LogP contribution in [0.2, 0.25) is 0 Å². The molecule has 0 aliphatic rings. The summed E-state index contributed by atoms with van der Waals surface area (Å²) in [5, 5.41) is 12.4. The molecule has 0 radical (unpaired) electrons. The van der Waals surface area contributed by atoms with Crippen molar-refractivity contribution in [3.63, 3.8) is 0 Å². The van der Waals surface area contributed by atoms with E-state index in [9.17, 15) is 10.1 Å². The fourth-order valence-electron chi connectivity index (χ4n) is 3.40. The number of nitrogens with zero attached hydrogens (tertiary/aromatic N) is 2. The van der Waals surface area contributed by atoms with Gasteiger partial charge in [-0.2, -0.15) is 5.26 Å². The van der Waals surface area contributed by atoms with Gasteiger partial charge < -0.3 is 19.4 Å². The monoisotopic (exact) mass is 415 g/mol. The van der Waals surface area contributed by atoms with Crippen molar-refractivity contribution in [2.45, 2.75) is 20.8 Å². The Morgan fingerprint density at radius 3 is 2.52 bits per heavy atom. The van der Waals surface area contributed by atoms with Crippen LogP contribution >= 0.6 is 0 Å². The molecule has 6 heteroatoms. The highest BCUT2D eigenvalue weighted by molar-refractivity contribution is 6.09. The zero-order chi connectivity index (χ0) is 22.4. The van der Waals surface area contributed by atoms with E-state index in [1.807, 2.05) is 63.2 Å².